The Kier molecular flexibility index (Phi) is 8.56. The maximum atomic E-state index is 13.3. The molecule has 0 saturated carbocycles. The molecule has 3 heterocycles. The second-order valence-electron chi connectivity index (χ2n) is 9.16. The number of aryl methyl sites for hydroxylation is 2. The minimum Gasteiger partial charge on any atom is -0.475 e. The fourth-order valence-electron chi connectivity index (χ4n) is 4.10. The van der Waals surface area contributed by atoms with Crippen LogP contribution in [0.15, 0.2) is 48.7 Å². The summed E-state index contributed by atoms with van der Waals surface area (Å²) in [5.74, 6) is -1.74. The number of fused-ring (bicyclic) bond motifs is 6. The fraction of sp³-hybridized carbons (Fsp3) is 0.308. The standard InChI is InChI=1S/C24H25ClN6O.C2HF3O2/c1-30-7-9-31(10-8-30)23(32)18-11-17-6-5-16-3-2-4-19(12-16)28-24-26-15-21(25)22(29-24)27-20(13-17)14-18;3-2(4,5)1(6)7/h2-4,11-15H,5-10H2,1H3,(H2,26,27,28,29);(H,6,7). The first-order valence-corrected chi connectivity index (χ1v) is 12.4. The number of likely N-dealkylation sites (N-methyl/N-ethyl adjacent to an activating group) is 1. The number of aliphatic carboxylic acids is 1. The molecule has 1 saturated heterocycles. The van der Waals surface area contributed by atoms with Crippen LogP contribution in [0.3, 0.4) is 0 Å². The van der Waals surface area contributed by atoms with Crippen molar-refractivity contribution >= 4 is 46.6 Å². The number of anilines is 4. The van der Waals surface area contributed by atoms with Gasteiger partial charge in [-0.2, -0.15) is 18.2 Å². The van der Waals surface area contributed by atoms with Crippen molar-refractivity contribution in [3.63, 3.8) is 0 Å². The topological polar surface area (TPSA) is 111 Å². The molecule has 2 aliphatic heterocycles. The van der Waals surface area contributed by atoms with Crippen molar-refractivity contribution in [2.24, 2.45) is 0 Å². The lowest BCUT2D eigenvalue weighted by Gasteiger charge is -2.32. The number of carbonyl (C=O) groups excluding carboxylic acids is 1. The number of hydrogen-bond acceptors (Lipinski definition) is 7. The van der Waals surface area contributed by atoms with Gasteiger partial charge in [-0.1, -0.05) is 23.7 Å². The Hall–Kier alpha value is -3.90. The lowest BCUT2D eigenvalue weighted by molar-refractivity contribution is -0.192. The van der Waals surface area contributed by atoms with Crippen LogP contribution in [0, 0.1) is 0 Å². The minimum absolute atomic E-state index is 0.0606. The quantitative estimate of drug-likeness (QED) is 0.390. The third-order valence-electron chi connectivity index (χ3n) is 6.17. The van der Waals surface area contributed by atoms with Gasteiger partial charge in [0.05, 0.1) is 6.20 Å². The van der Waals surface area contributed by atoms with Gasteiger partial charge in [-0.25, -0.2) is 9.78 Å². The van der Waals surface area contributed by atoms with Crippen molar-refractivity contribution in [3.05, 3.63) is 70.4 Å². The van der Waals surface area contributed by atoms with Crippen LogP contribution in [-0.2, 0) is 17.6 Å². The van der Waals surface area contributed by atoms with E-state index in [9.17, 15) is 18.0 Å². The summed E-state index contributed by atoms with van der Waals surface area (Å²) in [7, 11) is 2.08. The number of carbonyl (C=O) groups is 2. The number of hydrogen-bond donors (Lipinski definition) is 3. The first-order valence-electron chi connectivity index (χ1n) is 12.1. The van der Waals surface area contributed by atoms with E-state index in [0.717, 1.165) is 56.0 Å². The Bertz CT molecular complexity index is 1360. The number of nitrogens with one attached hydrogen (secondary N) is 2. The Morgan fingerprint density at radius 1 is 0.974 bits per heavy atom. The third kappa shape index (κ3) is 7.58. The van der Waals surface area contributed by atoms with Gasteiger partial charge in [-0.3, -0.25) is 4.79 Å². The highest BCUT2D eigenvalue weighted by Gasteiger charge is 2.38. The normalized spacial score (nSPS) is 15.3. The van der Waals surface area contributed by atoms with E-state index in [1.165, 1.54) is 5.56 Å². The molecule has 2 aliphatic rings. The third-order valence-corrected chi connectivity index (χ3v) is 6.44. The van der Waals surface area contributed by atoms with E-state index in [1.54, 1.807) is 6.20 Å². The van der Waals surface area contributed by atoms with Crippen molar-refractivity contribution in [3.8, 4) is 0 Å². The van der Waals surface area contributed by atoms with Crippen LogP contribution in [0.2, 0.25) is 5.02 Å². The Labute approximate surface area is 227 Å². The number of alkyl halides is 3. The van der Waals surface area contributed by atoms with Gasteiger partial charge in [0.1, 0.15) is 5.02 Å². The molecule has 3 N–H and O–H groups in total. The molecule has 2 aromatic carbocycles. The largest absolute Gasteiger partial charge is 0.490 e. The second-order valence-corrected chi connectivity index (χ2v) is 9.56. The highest BCUT2D eigenvalue weighted by molar-refractivity contribution is 6.32. The van der Waals surface area contributed by atoms with E-state index in [0.29, 0.717) is 22.4 Å². The maximum absolute atomic E-state index is 13.3. The Morgan fingerprint density at radius 2 is 1.64 bits per heavy atom. The first-order chi connectivity index (χ1) is 18.5. The number of benzene rings is 2. The van der Waals surface area contributed by atoms with Gasteiger partial charge < -0.3 is 25.5 Å². The summed E-state index contributed by atoms with van der Waals surface area (Å²) >= 11 is 6.38. The monoisotopic (exact) mass is 562 g/mol. The molecule has 5 rings (SSSR count). The zero-order chi connectivity index (χ0) is 28.2. The molecule has 0 aliphatic carbocycles. The van der Waals surface area contributed by atoms with E-state index in [1.807, 2.05) is 29.2 Å². The average Bonchev–Trinajstić information content (AvgIpc) is 2.89. The summed E-state index contributed by atoms with van der Waals surface area (Å²) in [6, 6.07) is 14.2. The molecule has 13 heteroatoms. The van der Waals surface area contributed by atoms with Gasteiger partial charge in [0.25, 0.3) is 5.91 Å². The van der Waals surface area contributed by atoms with E-state index in [-0.39, 0.29) is 5.91 Å². The second kappa shape index (κ2) is 11.9. The summed E-state index contributed by atoms with van der Waals surface area (Å²) in [5, 5.41) is 14.1. The number of rotatable bonds is 1. The minimum atomic E-state index is -5.08. The van der Waals surface area contributed by atoms with Gasteiger partial charge in [-0.15, -0.1) is 0 Å². The SMILES string of the molecule is CN1CCN(C(=O)c2cc3cc(c2)Nc2nc(ncc2Cl)Nc2cccc(c2)CC3)CC1.O=C(O)C(F)(F)F. The smallest absolute Gasteiger partial charge is 0.475 e. The molecule has 0 radical (unpaired) electrons. The highest BCUT2D eigenvalue weighted by Crippen LogP contribution is 2.28. The summed E-state index contributed by atoms with van der Waals surface area (Å²) in [6.45, 7) is 3.25. The zero-order valence-electron chi connectivity index (χ0n) is 20.9. The molecule has 0 unspecified atom stereocenters. The molecule has 1 amide bonds. The van der Waals surface area contributed by atoms with Gasteiger partial charge in [0.15, 0.2) is 5.82 Å². The average molecular weight is 563 g/mol. The number of amides is 1. The van der Waals surface area contributed by atoms with Gasteiger partial charge in [0.2, 0.25) is 5.95 Å². The molecule has 3 aromatic rings. The predicted octanol–water partition coefficient (Wildman–Crippen LogP) is 4.74. The van der Waals surface area contributed by atoms with Gasteiger partial charge in [0, 0.05) is 43.1 Å². The van der Waals surface area contributed by atoms with Crippen LogP contribution >= 0.6 is 11.6 Å². The molecular formula is C26H26ClF3N6O3. The molecule has 206 valence electrons. The molecule has 1 fully saturated rings. The van der Waals surface area contributed by atoms with Crippen LogP contribution < -0.4 is 10.6 Å². The summed E-state index contributed by atoms with van der Waals surface area (Å²) < 4.78 is 31.7. The molecule has 9 nitrogen and oxygen atoms in total. The number of nitrogens with zero attached hydrogens (tertiary/aromatic N) is 4. The van der Waals surface area contributed by atoms with Crippen molar-refractivity contribution < 1.29 is 27.9 Å². The Balaban J connectivity index is 0.000000448. The zero-order valence-corrected chi connectivity index (χ0v) is 21.7. The van der Waals surface area contributed by atoms with Crippen LogP contribution in [-0.4, -0.2) is 76.2 Å². The molecule has 0 atom stereocenters. The predicted molar refractivity (Wildman–Crippen MR) is 141 cm³/mol. The summed E-state index contributed by atoms with van der Waals surface area (Å²) in [6.07, 6.45) is -1.83. The van der Waals surface area contributed by atoms with Crippen LogP contribution in [0.4, 0.5) is 36.3 Å². The molecule has 39 heavy (non-hydrogen) atoms. The summed E-state index contributed by atoms with van der Waals surface area (Å²) in [4.78, 5) is 35.2. The number of halogens is 4. The first kappa shape index (κ1) is 28.1. The van der Waals surface area contributed by atoms with E-state index in [4.69, 9.17) is 21.5 Å². The van der Waals surface area contributed by atoms with E-state index < -0.39 is 12.1 Å². The number of carboxylic acid groups (broad SMARTS) is 1. The van der Waals surface area contributed by atoms with Crippen molar-refractivity contribution in [1.29, 1.82) is 0 Å². The van der Waals surface area contributed by atoms with Crippen molar-refractivity contribution in [1.82, 2.24) is 19.8 Å². The lowest BCUT2D eigenvalue weighted by Crippen LogP contribution is -2.47. The molecule has 6 bridgehead atoms. The fourth-order valence-corrected chi connectivity index (χ4v) is 4.24. The lowest BCUT2D eigenvalue weighted by atomic mass is 10.0. The molecular weight excluding hydrogens is 537 g/mol. The van der Waals surface area contributed by atoms with Crippen molar-refractivity contribution in [2.75, 3.05) is 43.9 Å². The molecule has 1 aromatic heterocycles. The highest BCUT2D eigenvalue weighted by atomic mass is 35.5. The number of aromatic nitrogens is 2. The summed E-state index contributed by atoms with van der Waals surface area (Å²) in [5.41, 5.74) is 4.69. The number of carboxylic acids is 1. The van der Waals surface area contributed by atoms with E-state index in [2.05, 4.69) is 50.7 Å². The molecule has 0 spiro atoms. The van der Waals surface area contributed by atoms with Gasteiger partial charge >= 0.3 is 12.1 Å². The van der Waals surface area contributed by atoms with Crippen molar-refractivity contribution in [2.45, 2.75) is 19.0 Å². The van der Waals surface area contributed by atoms with Crippen LogP contribution in [0.25, 0.3) is 0 Å². The van der Waals surface area contributed by atoms with E-state index >= 15 is 0 Å². The number of piperazine rings is 1. The maximum Gasteiger partial charge on any atom is 0.490 e. The van der Waals surface area contributed by atoms with Crippen LogP contribution in [0.5, 0.6) is 0 Å². The Morgan fingerprint density at radius 3 is 2.33 bits per heavy atom. The van der Waals surface area contributed by atoms with Crippen LogP contribution in [0.1, 0.15) is 21.5 Å². The van der Waals surface area contributed by atoms with Gasteiger partial charge in [-0.05, 0) is 61.3 Å².